The molecule has 0 aliphatic carbocycles. The molecule has 4 rings (SSSR count). The first kappa shape index (κ1) is 19.1. The van der Waals surface area contributed by atoms with Gasteiger partial charge in [0.2, 0.25) is 6.79 Å². The zero-order valence-electron chi connectivity index (χ0n) is 16.5. The number of hydrogen-bond acceptors (Lipinski definition) is 5. The molecule has 0 bridgehead atoms. The molecule has 2 N–H and O–H groups in total. The molecule has 0 fully saturated rings. The number of amides is 1. The lowest BCUT2D eigenvalue weighted by molar-refractivity contribution is -0.117. The molecule has 0 aromatic heterocycles. The molecule has 2 aliphatic heterocycles. The fourth-order valence-corrected chi connectivity index (χ4v) is 3.61. The highest BCUT2D eigenvalue weighted by Crippen LogP contribution is 2.38. The Hall–Kier alpha value is -3.28. The average Bonchev–Trinajstić information content (AvgIpc) is 3.18. The van der Waals surface area contributed by atoms with Gasteiger partial charge in [-0.3, -0.25) is 9.59 Å². The van der Waals surface area contributed by atoms with Crippen LogP contribution in [0.4, 0.5) is 0 Å². The summed E-state index contributed by atoms with van der Waals surface area (Å²) in [6, 6.07) is 12.2. The molecule has 150 valence electrons. The maximum absolute atomic E-state index is 13.1. The zero-order chi connectivity index (χ0) is 20.4. The Bertz CT molecular complexity index is 966. The minimum absolute atomic E-state index is 0.0492. The monoisotopic (exact) mass is 392 g/mol. The van der Waals surface area contributed by atoms with Crippen molar-refractivity contribution in [2.24, 2.45) is 5.92 Å². The van der Waals surface area contributed by atoms with Crippen molar-refractivity contribution >= 4 is 17.4 Å². The molecule has 1 atom stereocenters. The number of ether oxygens (including phenoxy) is 2. The van der Waals surface area contributed by atoms with Crippen molar-refractivity contribution < 1.29 is 19.1 Å². The van der Waals surface area contributed by atoms with E-state index in [0.29, 0.717) is 11.3 Å². The van der Waals surface area contributed by atoms with Crippen LogP contribution in [0.3, 0.4) is 0 Å². The van der Waals surface area contributed by atoms with Crippen LogP contribution in [0, 0.1) is 5.92 Å². The fraction of sp³-hybridized carbons (Fsp3) is 0.304. The zero-order valence-corrected chi connectivity index (χ0v) is 16.5. The second-order valence-electron chi connectivity index (χ2n) is 7.56. The van der Waals surface area contributed by atoms with E-state index in [1.165, 1.54) is 0 Å². The van der Waals surface area contributed by atoms with Crippen molar-refractivity contribution in [3.63, 3.8) is 0 Å². The number of fused-ring (bicyclic) bond motifs is 2. The van der Waals surface area contributed by atoms with Crippen LogP contribution in [0.15, 0.2) is 48.5 Å². The third-order valence-corrected chi connectivity index (χ3v) is 5.18. The number of carbonyl (C=O) groups excluding carboxylic acids is 2. The normalized spacial score (nSPS) is 16.9. The lowest BCUT2D eigenvalue weighted by atomic mass is 9.93. The van der Waals surface area contributed by atoms with Crippen LogP contribution in [-0.4, -0.2) is 31.1 Å². The van der Waals surface area contributed by atoms with E-state index < -0.39 is 6.04 Å². The van der Waals surface area contributed by atoms with Gasteiger partial charge in [0, 0.05) is 29.4 Å². The smallest absolute Gasteiger partial charge is 0.251 e. The van der Waals surface area contributed by atoms with E-state index in [2.05, 4.69) is 10.6 Å². The third-order valence-electron chi connectivity index (χ3n) is 5.18. The molecule has 29 heavy (non-hydrogen) atoms. The summed E-state index contributed by atoms with van der Waals surface area (Å²) in [5, 5.41) is 6.19. The summed E-state index contributed by atoms with van der Waals surface area (Å²) in [7, 11) is 0. The molecule has 1 unspecified atom stereocenters. The Labute approximate surface area is 169 Å². The van der Waals surface area contributed by atoms with E-state index in [9.17, 15) is 9.59 Å². The maximum Gasteiger partial charge on any atom is 0.251 e. The van der Waals surface area contributed by atoms with E-state index in [4.69, 9.17) is 9.47 Å². The Balaban J connectivity index is 1.58. The van der Waals surface area contributed by atoms with Gasteiger partial charge in [-0.15, -0.1) is 0 Å². The molecule has 2 aromatic rings. The van der Waals surface area contributed by atoms with Gasteiger partial charge in [-0.25, -0.2) is 0 Å². The number of rotatable bonds is 5. The van der Waals surface area contributed by atoms with Crippen molar-refractivity contribution in [3.8, 4) is 11.5 Å². The highest BCUT2D eigenvalue weighted by Gasteiger charge is 2.26. The lowest BCUT2D eigenvalue weighted by Crippen LogP contribution is -2.44. The van der Waals surface area contributed by atoms with Crippen molar-refractivity contribution in [2.75, 3.05) is 13.3 Å². The van der Waals surface area contributed by atoms with Crippen LogP contribution < -0.4 is 20.1 Å². The number of ketones is 1. The van der Waals surface area contributed by atoms with Crippen molar-refractivity contribution in [1.29, 1.82) is 0 Å². The third kappa shape index (κ3) is 3.97. The molecule has 2 heterocycles. The second-order valence-corrected chi connectivity index (χ2v) is 7.56. The average molecular weight is 392 g/mol. The number of benzene rings is 2. The minimum Gasteiger partial charge on any atom is -0.454 e. The van der Waals surface area contributed by atoms with Gasteiger partial charge in [0.15, 0.2) is 17.3 Å². The molecule has 0 spiro atoms. The highest BCUT2D eigenvalue weighted by molar-refractivity contribution is 6.04. The van der Waals surface area contributed by atoms with Gasteiger partial charge in [0.05, 0.1) is 6.04 Å². The molecule has 0 saturated heterocycles. The van der Waals surface area contributed by atoms with Crippen LogP contribution in [0.2, 0.25) is 0 Å². The quantitative estimate of drug-likeness (QED) is 0.765. The fourth-order valence-electron chi connectivity index (χ4n) is 3.61. The molecular formula is C23H24N2O4. The minimum atomic E-state index is -0.614. The predicted octanol–water partition coefficient (Wildman–Crippen LogP) is 2.93. The van der Waals surface area contributed by atoms with Gasteiger partial charge in [0.1, 0.15) is 0 Å². The molecule has 0 radical (unpaired) electrons. The number of hydrogen-bond donors (Lipinski definition) is 2. The molecule has 1 amide bonds. The lowest BCUT2D eigenvalue weighted by Gasteiger charge is -2.24. The van der Waals surface area contributed by atoms with Crippen LogP contribution >= 0.6 is 0 Å². The first-order chi connectivity index (χ1) is 14.0. The topological polar surface area (TPSA) is 76.7 Å². The Morgan fingerprint density at radius 2 is 1.83 bits per heavy atom. The van der Waals surface area contributed by atoms with E-state index >= 15 is 0 Å². The summed E-state index contributed by atoms with van der Waals surface area (Å²) in [6.45, 7) is 4.79. The molecule has 2 aromatic carbocycles. The van der Waals surface area contributed by atoms with Crippen LogP contribution in [0.25, 0.3) is 5.70 Å². The van der Waals surface area contributed by atoms with Crippen molar-refractivity contribution in [1.82, 2.24) is 10.6 Å². The van der Waals surface area contributed by atoms with E-state index in [1.807, 2.05) is 32.0 Å². The standard InChI is InChI=1S/C23H24N2O4/c1-14(2)22(25-23(27)15-6-4-3-5-7-15)19(26)12-18-17-11-21-20(28-13-29-21)10-16(17)8-9-24-18/h3-7,10-12,14,22,24H,8-9,13H2,1-2H3,(H,25,27)/b18-12-. The van der Waals surface area contributed by atoms with E-state index in [1.54, 1.807) is 30.3 Å². The van der Waals surface area contributed by atoms with Gasteiger partial charge >= 0.3 is 0 Å². The summed E-state index contributed by atoms with van der Waals surface area (Å²) < 4.78 is 10.9. The van der Waals surface area contributed by atoms with Gasteiger partial charge in [-0.1, -0.05) is 32.0 Å². The summed E-state index contributed by atoms with van der Waals surface area (Å²) >= 11 is 0. The first-order valence-corrected chi connectivity index (χ1v) is 9.81. The van der Waals surface area contributed by atoms with Gasteiger partial charge in [-0.2, -0.15) is 0 Å². The van der Waals surface area contributed by atoms with Gasteiger partial charge < -0.3 is 20.1 Å². The number of carbonyl (C=O) groups is 2. The molecule has 0 saturated carbocycles. The predicted molar refractivity (Wildman–Crippen MR) is 110 cm³/mol. The van der Waals surface area contributed by atoms with E-state index in [-0.39, 0.29) is 24.4 Å². The SMILES string of the molecule is CC(C)C(NC(=O)c1ccccc1)C(=O)/C=C1\NCCc2cc3c(cc21)OCO3. The summed E-state index contributed by atoms with van der Waals surface area (Å²) in [5.41, 5.74) is 3.33. The van der Waals surface area contributed by atoms with Gasteiger partial charge in [0.25, 0.3) is 5.91 Å². The summed E-state index contributed by atoms with van der Waals surface area (Å²) in [4.78, 5) is 25.6. The summed E-state index contributed by atoms with van der Waals surface area (Å²) in [5.74, 6) is 0.982. The Morgan fingerprint density at radius 1 is 1.10 bits per heavy atom. The summed E-state index contributed by atoms with van der Waals surface area (Å²) in [6.07, 6.45) is 2.44. The molecular weight excluding hydrogens is 368 g/mol. The molecule has 6 nitrogen and oxygen atoms in total. The van der Waals surface area contributed by atoms with E-state index in [0.717, 1.165) is 35.5 Å². The van der Waals surface area contributed by atoms with Crippen LogP contribution in [0.5, 0.6) is 11.5 Å². The largest absolute Gasteiger partial charge is 0.454 e. The van der Waals surface area contributed by atoms with Crippen LogP contribution in [0.1, 0.15) is 35.3 Å². The first-order valence-electron chi connectivity index (χ1n) is 9.81. The Morgan fingerprint density at radius 3 is 2.55 bits per heavy atom. The second kappa shape index (κ2) is 7.99. The van der Waals surface area contributed by atoms with Crippen LogP contribution in [-0.2, 0) is 11.2 Å². The number of nitrogens with one attached hydrogen (secondary N) is 2. The Kier molecular flexibility index (Phi) is 5.25. The molecule has 2 aliphatic rings. The van der Waals surface area contributed by atoms with Gasteiger partial charge in [-0.05, 0) is 42.2 Å². The van der Waals surface area contributed by atoms with Crippen molar-refractivity contribution in [3.05, 3.63) is 65.2 Å². The highest BCUT2D eigenvalue weighted by atomic mass is 16.7. The molecule has 6 heteroatoms. The van der Waals surface area contributed by atoms with Crippen molar-refractivity contribution in [2.45, 2.75) is 26.3 Å². The maximum atomic E-state index is 13.1.